The zero-order chi connectivity index (χ0) is 15.0. The fraction of sp³-hybridized carbons (Fsp3) is 0.133. The summed E-state index contributed by atoms with van der Waals surface area (Å²) < 4.78 is 28.3. The maximum Gasteiger partial charge on any atom is 0.196 e. The van der Waals surface area contributed by atoms with Gasteiger partial charge in [0.05, 0.1) is 18.3 Å². The number of guanidine groups is 1. The number of anilines is 1. The van der Waals surface area contributed by atoms with Gasteiger partial charge in [-0.25, -0.2) is 8.78 Å². The molecule has 1 unspecified atom stereocenters. The molecule has 1 aliphatic rings. The fourth-order valence-corrected chi connectivity index (χ4v) is 2.95. The van der Waals surface area contributed by atoms with Gasteiger partial charge in [-0.05, 0) is 35.9 Å². The Morgan fingerprint density at radius 3 is 2.71 bits per heavy atom. The number of aliphatic imine (C=N–C) groups is 1. The highest BCUT2D eigenvalue weighted by Crippen LogP contribution is 2.36. The average Bonchev–Trinajstić information content (AvgIpc) is 2.84. The molecular weight excluding hydrogens is 340 g/mol. The van der Waals surface area contributed by atoms with Gasteiger partial charge in [-0.3, -0.25) is 4.99 Å². The van der Waals surface area contributed by atoms with Crippen molar-refractivity contribution in [3.05, 3.63) is 64.1 Å². The summed E-state index contributed by atoms with van der Waals surface area (Å²) in [5.74, 6) is -0.525. The molecule has 0 amide bonds. The highest BCUT2D eigenvalue weighted by molar-refractivity contribution is 9.10. The van der Waals surface area contributed by atoms with Gasteiger partial charge in [-0.1, -0.05) is 28.1 Å². The zero-order valence-corrected chi connectivity index (χ0v) is 12.5. The van der Waals surface area contributed by atoms with Crippen LogP contribution >= 0.6 is 15.9 Å². The minimum atomic E-state index is -0.393. The lowest BCUT2D eigenvalue weighted by Gasteiger charge is -2.27. The molecule has 21 heavy (non-hydrogen) atoms. The van der Waals surface area contributed by atoms with Gasteiger partial charge in [0.1, 0.15) is 11.6 Å². The molecule has 2 N–H and O–H groups in total. The van der Waals surface area contributed by atoms with Gasteiger partial charge in [-0.2, -0.15) is 0 Å². The lowest BCUT2D eigenvalue weighted by Crippen LogP contribution is -2.36. The van der Waals surface area contributed by atoms with Crippen molar-refractivity contribution in [2.24, 2.45) is 10.7 Å². The van der Waals surface area contributed by atoms with E-state index in [-0.39, 0.29) is 17.8 Å². The molecule has 0 spiro atoms. The highest BCUT2D eigenvalue weighted by Gasteiger charge is 2.31. The molecular formula is C15H12BrF2N3. The topological polar surface area (TPSA) is 41.6 Å². The Labute approximate surface area is 129 Å². The van der Waals surface area contributed by atoms with Crippen molar-refractivity contribution in [3.63, 3.8) is 0 Å². The highest BCUT2D eigenvalue weighted by atomic mass is 79.9. The predicted molar refractivity (Wildman–Crippen MR) is 82.2 cm³/mol. The van der Waals surface area contributed by atoms with Crippen LogP contribution in [0.2, 0.25) is 0 Å². The van der Waals surface area contributed by atoms with Crippen molar-refractivity contribution in [1.29, 1.82) is 0 Å². The SMILES string of the molecule is NC1=NCC(c2cc(F)ccc2Br)N1c1ccccc1F. The Hall–Kier alpha value is -1.95. The van der Waals surface area contributed by atoms with Crippen LogP contribution in [0.15, 0.2) is 51.9 Å². The summed E-state index contributed by atoms with van der Waals surface area (Å²) >= 11 is 3.40. The predicted octanol–water partition coefficient (Wildman–Crippen LogP) is 3.60. The maximum atomic E-state index is 14.0. The van der Waals surface area contributed by atoms with Crippen LogP contribution in [0.25, 0.3) is 0 Å². The third-order valence-electron chi connectivity index (χ3n) is 3.41. The first kappa shape index (κ1) is 14.0. The lowest BCUT2D eigenvalue weighted by molar-refractivity contribution is 0.612. The van der Waals surface area contributed by atoms with Gasteiger partial charge in [0.25, 0.3) is 0 Å². The van der Waals surface area contributed by atoms with Crippen LogP contribution in [0.5, 0.6) is 0 Å². The van der Waals surface area contributed by atoms with Gasteiger partial charge in [0.15, 0.2) is 5.96 Å². The van der Waals surface area contributed by atoms with Gasteiger partial charge in [0, 0.05) is 4.47 Å². The molecule has 0 saturated heterocycles. The second-order valence-corrected chi connectivity index (χ2v) is 5.56. The number of para-hydroxylation sites is 1. The molecule has 0 radical (unpaired) electrons. The Kier molecular flexibility index (Phi) is 3.63. The molecule has 1 aliphatic heterocycles. The summed E-state index contributed by atoms with van der Waals surface area (Å²) in [5.41, 5.74) is 6.91. The molecule has 108 valence electrons. The average molecular weight is 352 g/mol. The van der Waals surface area contributed by atoms with Crippen molar-refractivity contribution in [2.45, 2.75) is 6.04 Å². The molecule has 3 rings (SSSR count). The Bertz CT molecular complexity index is 718. The molecule has 0 aliphatic carbocycles. The zero-order valence-electron chi connectivity index (χ0n) is 10.9. The molecule has 3 nitrogen and oxygen atoms in total. The van der Waals surface area contributed by atoms with E-state index in [1.54, 1.807) is 29.2 Å². The number of nitrogens with zero attached hydrogens (tertiary/aromatic N) is 2. The van der Waals surface area contributed by atoms with Crippen molar-refractivity contribution in [1.82, 2.24) is 0 Å². The van der Waals surface area contributed by atoms with Crippen LogP contribution in [-0.4, -0.2) is 12.5 Å². The molecule has 2 aromatic carbocycles. The molecule has 0 saturated carbocycles. The van der Waals surface area contributed by atoms with Gasteiger partial charge < -0.3 is 10.6 Å². The van der Waals surface area contributed by atoms with E-state index in [1.807, 2.05) is 0 Å². The van der Waals surface area contributed by atoms with E-state index in [0.717, 1.165) is 4.47 Å². The summed E-state index contributed by atoms with van der Waals surface area (Å²) in [5, 5.41) is 0. The summed E-state index contributed by atoms with van der Waals surface area (Å²) in [4.78, 5) is 5.77. The minimum Gasteiger partial charge on any atom is -0.369 e. The first-order chi connectivity index (χ1) is 10.1. The van der Waals surface area contributed by atoms with Crippen LogP contribution in [-0.2, 0) is 0 Å². The second kappa shape index (κ2) is 5.44. The van der Waals surface area contributed by atoms with Gasteiger partial charge >= 0.3 is 0 Å². The maximum absolute atomic E-state index is 14.0. The third kappa shape index (κ3) is 2.51. The smallest absolute Gasteiger partial charge is 0.196 e. The Balaban J connectivity index is 2.07. The fourth-order valence-electron chi connectivity index (χ4n) is 2.44. The van der Waals surface area contributed by atoms with Gasteiger partial charge in [-0.15, -0.1) is 0 Å². The van der Waals surface area contributed by atoms with E-state index >= 15 is 0 Å². The van der Waals surface area contributed by atoms with E-state index in [9.17, 15) is 8.78 Å². The molecule has 0 aromatic heterocycles. The Morgan fingerprint density at radius 2 is 1.95 bits per heavy atom. The van der Waals surface area contributed by atoms with E-state index in [1.165, 1.54) is 18.2 Å². The number of benzene rings is 2. The first-order valence-electron chi connectivity index (χ1n) is 6.36. The quantitative estimate of drug-likeness (QED) is 0.897. The van der Waals surface area contributed by atoms with E-state index in [2.05, 4.69) is 20.9 Å². The van der Waals surface area contributed by atoms with Crippen LogP contribution in [0.3, 0.4) is 0 Å². The van der Waals surface area contributed by atoms with Crippen molar-refractivity contribution in [2.75, 3.05) is 11.4 Å². The summed E-state index contributed by atoms with van der Waals surface area (Å²) in [6, 6.07) is 10.4. The van der Waals surface area contributed by atoms with E-state index in [0.29, 0.717) is 17.8 Å². The number of hydrogen-bond acceptors (Lipinski definition) is 3. The van der Waals surface area contributed by atoms with Crippen LogP contribution in [0.4, 0.5) is 14.5 Å². The first-order valence-corrected chi connectivity index (χ1v) is 7.16. The third-order valence-corrected chi connectivity index (χ3v) is 4.14. The normalized spacial score (nSPS) is 18.0. The lowest BCUT2D eigenvalue weighted by atomic mass is 10.1. The van der Waals surface area contributed by atoms with Crippen molar-refractivity contribution in [3.8, 4) is 0 Å². The van der Waals surface area contributed by atoms with Crippen LogP contribution < -0.4 is 10.6 Å². The second-order valence-electron chi connectivity index (χ2n) is 4.70. The van der Waals surface area contributed by atoms with Crippen molar-refractivity contribution < 1.29 is 8.78 Å². The summed E-state index contributed by atoms with van der Waals surface area (Å²) in [6.07, 6.45) is 0. The minimum absolute atomic E-state index is 0.223. The van der Waals surface area contributed by atoms with Crippen LogP contribution in [0, 0.1) is 11.6 Å². The number of halogens is 3. The number of nitrogens with two attached hydrogens (primary N) is 1. The summed E-state index contributed by atoms with van der Waals surface area (Å²) in [6.45, 7) is 0.349. The molecule has 6 heteroatoms. The summed E-state index contributed by atoms with van der Waals surface area (Å²) in [7, 11) is 0. The van der Waals surface area contributed by atoms with E-state index < -0.39 is 5.82 Å². The number of hydrogen-bond donors (Lipinski definition) is 1. The molecule has 1 heterocycles. The Morgan fingerprint density at radius 1 is 1.19 bits per heavy atom. The molecule has 2 aromatic rings. The molecule has 1 atom stereocenters. The van der Waals surface area contributed by atoms with Crippen molar-refractivity contribution >= 4 is 27.6 Å². The van der Waals surface area contributed by atoms with Crippen LogP contribution in [0.1, 0.15) is 11.6 Å². The monoisotopic (exact) mass is 351 g/mol. The van der Waals surface area contributed by atoms with Gasteiger partial charge in [0.2, 0.25) is 0 Å². The standard InChI is InChI=1S/C15H12BrF2N3/c16-11-6-5-9(17)7-10(11)14-8-20-15(19)21(14)13-4-2-1-3-12(13)18/h1-7,14H,8H2,(H2,19,20). The molecule has 0 fully saturated rings. The largest absolute Gasteiger partial charge is 0.369 e. The number of rotatable bonds is 2. The molecule has 0 bridgehead atoms. The van der Waals surface area contributed by atoms with E-state index in [4.69, 9.17) is 5.73 Å².